The predicted octanol–water partition coefficient (Wildman–Crippen LogP) is 3.68. The summed E-state index contributed by atoms with van der Waals surface area (Å²) in [5.74, 6) is 0.342. The van der Waals surface area contributed by atoms with Crippen LogP contribution in [0.1, 0.15) is 18.1 Å². The summed E-state index contributed by atoms with van der Waals surface area (Å²) in [5, 5.41) is 2.86. The van der Waals surface area contributed by atoms with Gasteiger partial charge in [0, 0.05) is 17.9 Å². The Morgan fingerprint density at radius 1 is 1.24 bits per heavy atom. The van der Waals surface area contributed by atoms with Crippen molar-refractivity contribution in [2.45, 2.75) is 20.3 Å². The number of carbonyl (C=O) groups is 2. The van der Waals surface area contributed by atoms with Crippen LogP contribution in [0.4, 0.5) is 11.4 Å². The van der Waals surface area contributed by atoms with Crippen LogP contribution < -0.4 is 15.0 Å². The summed E-state index contributed by atoms with van der Waals surface area (Å²) in [6.07, 6.45) is 0.775. The van der Waals surface area contributed by atoms with Crippen LogP contribution >= 0.6 is 15.9 Å². The number of benzene rings is 2. The summed E-state index contributed by atoms with van der Waals surface area (Å²) in [6.45, 7) is 4.06. The summed E-state index contributed by atoms with van der Waals surface area (Å²) >= 11 is 3.46. The van der Waals surface area contributed by atoms with Crippen LogP contribution in [-0.2, 0) is 16.0 Å². The first-order chi connectivity index (χ1) is 11.9. The van der Waals surface area contributed by atoms with E-state index in [0.717, 1.165) is 27.7 Å². The number of ether oxygens (including phenoxy) is 1. The minimum atomic E-state index is -0.267. The number of anilines is 2. The van der Waals surface area contributed by atoms with E-state index in [4.69, 9.17) is 4.74 Å². The van der Waals surface area contributed by atoms with Gasteiger partial charge in [0.1, 0.15) is 5.75 Å². The molecule has 1 N–H and O–H groups in total. The normalized spacial score (nSPS) is 12.7. The second-order valence-electron chi connectivity index (χ2n) is 6.03. The Bertz CT molecular complexity index is 818. The van der Waals surface area contributed by atoms with E-state index in [0.29, 0.717) is 18.0 Å². The number of carbonyl (C=O) groups excluding carboxylic acids is 2. The average Bonchev–Trinajstić information content (AvgIpc) is 2.98. The first kappa shape index (κ1) is 17.5. The van der Waals surface area contributed by atoms with E-state index < -0.39 is 0 Å². The van der Waals surface area contributed by atoms with Gasteiger partial charge in [-0.3, -0.25) is 9.59 Å². The van der Waals surface area contributed by atoms with Crippen molar-refractivity contribution in [2.24, 2.45) is 0 Å². The lowest BCUT2D eigenvalue weighted by Gasteiger charge is -2.19. The Balaban J connectivity index is 1.73. The molecule has 2 aromatic carbocycles. The number of aryl methyl sites for hydroxylation is 1. The molecule has 0 bridgehead atoms. The first-order valence-corrected chi connectivity index (χ1v) is 8.83. The highest BCUT2D eigenvalue weighted by atomic mass is 79.9. The molecular formula is C19H19BrN2O3. The highest BCUT2D eigenvalue weighted by Gasteiger charge is 2.26. The van der Waals surface area contributed by atoms with E-state index in [1.54, 1.807) is 4.90 Å². The minimum Gasteiger partial charge on any atom is -0.484 e. The van der Waals surface area contributed by atoms with E-state index in [1.165, 1.54) is 6.92 Å². The molecule has 0 atom stereocenters. The minimum absolute atomic E-state index is 0.0347. The molecule has 1 heterocycles. The van der Waals surface area contributed by atoms with Gasteiger partial charge in [-0.15, -0.1) is 0 Å². The molecule has 1 aliphatic rings. The molecule has 130 valence electrons. The SMILES string of the molecule is CC(=O)N1CCc2cc(Br)cc(NC(=O)COc3ccc(C)cc3)c21. The van der Waals surface area contributed by atoms with Crippen molar-refractivity contribution >= 4 is 39.1 Å². The molecule has 0 aromatic heterocycles. The third-order valence-corrected chi connectivity index (χ3v) is 4.53. The van der Waals surface area contributed by atoms with E-state index >= 15 is 0 Å². The molecule has 1 aliphatic heterocycles. The van der Waals surface area contributed by atoms with Crippen molar-refractivity contribution in [3.05, 3.63) is 52.0 Å². The van der Waals surface area contributed by atoms with Gasteiger partial charge >= 0.3 is 0 Å². The molecule has 0 saturated heterocycles. The van der Waals surface area contributed by atoms with Gasteiger partial charge < -0.3 is 15.0 Å². The zero-order valence-electron chi connectivity index (χ0n) is 14.1. The van der Waals surface area contributed by atoms with Crippen molar-refractivity contribution in [3.8, 4) is 5.75 Å². The fourth-order valence-corrected chi connectivity index (χ4v) is 3.39. The number of rotatable bonds is 4. The second-order valence-corrected chi connectivity index (χ2v) is 6.95. The number of fused-ring (bicyclic) bond motifs is 1. The molecule has 0 radical (unpaired) electrons. The Labute approximate surface area is 155 Å². The molecule has 0 unspecified atom stereocenters. The summed E-state index contributed by atoms with van der Waals surface area (Å²) in [4.78, 5) is 25.8. The molecule has 0 spiro atoms. The molecule has 25 heavy (non-hydrogen) atoms. The topological polar surface area (TPSA) is 58.6 Å². The van der Waals surface area contributed by atoms with Gasteiger partial charge in [-0.2, -0.15) is 0 Å². The molecule has 2 aromatic rings. The van der Waals surface area contributed by atoms with Crippen molar-refractivity contribution in [1.82, 2.24) is 0 Å². The van der Waals surface area contributed by atoms with Crippen LogP contribution in [0.25, 0.3) is 0 Å². The van der Waals surface area contributed by atoms with Gasteiger partial charge in [0.15, 0.2) is 6.61 Å². The number of hydrogen-bond acceptors (Lipinski definition) is 3. The maximum absolute atomic E-state index is 12.3. The van der Waals surface area contributed by atoms with Crippen LogP contribution in [0, 0.1) is 6.92 Å². The van der Waals surface area contributed by atoms with E-state index in [1.807, 2.05) is 43.3 Å². The van der Waals surface area contributed by atoms with Crippen molar-refractivity contribution < 1.29 is 14.3 Å². The fourth-order valence-electron chi connectivity index (χ4n) is 2.89. The Kier molecular flexibility index (Phi) is 5.08. The Morgan fingerprint density at radius 2 is 1.96 bits per heavy atom. The molecule has 0 saturated carbocycles. The highest BCUT2D eigenvalue weighted by molar-refractivity contribution is 9.10. The lowest BCUT2D eigenvalue weighted by Crippen LogP contribution is -2.28. The second kappa shape index (κ2) is 7.27. The van der Waals surface area contributed by atoms with Gasteiger partial charge in [0.2, 0.25) is 5.91 Å². The van der Waals surface area contributed by atoms with Crippen molar-refractivity contribution in [1.29, 1.82) is 0 Å². The lowest BCUT2D eigenvalue weighted by molar-refractivity contribution is -0.118. The molecule has 3 rings (SSSR count). The monoisotopic (exact) mass is 402 g/mol. The summed E-state index contributed by atoms with van der Waals surface area (Å²) in [6, 6.07) is 11.3. The van der Waals surface area contributed by atoms with E-state index in [2.05, 4.69) is 21.2 Å². The molecule has 2 amide bonds. The smallest absolute Gasteiger partial charge is 0.262 e. The van der Waals surface area contributed by atoms with Crippen molar-refractivity contribution in [2.75, 3.05) is 23.4 Å². The number of halogens is 1. The predicted molar refractivity (Wildman–Crippen MR) is 101 cm³/mol. The van der Waals surface area contributed by atoms with Crippen molar-refractivity contribution in [3.63, 3.8) is 0 Å². The highest BCUT2D eigenvalue weighted by Crippen LogP contribution is 2.38. The van der Waals surface area contributed by atoms with Crippen LogP contribution in [0.3, 0.4) is 0 Å². The molecule has 0 aliphatic carbocycles. The van der Waals surface area contributed by atoms with E-state index in [9.17, 15) is 9.59 Å². The van der Waals surface area contributed by atoms with Gasteiger partial charge in [0.05, 0.1) is 11.4 Å². The molecule has 5 nitrogen and oxygen atoms in total. The molecule has 0 fully saturated rings. The Morgan fingerprint density at radius 3 is 2.64 bits per heavy atom. The van der Waals surface area contributed by atoms with Crippen LogP contribution in [0.2, 0.25) is 0 Å². The van der Waals surface area contributed by atoms with Gasteiger partial charge in [-0.1, -0.05) is 33.6 Å². The lowest BCUT2D eigenvalue weighted by atomic mass is 10.1. The quantitative estimate of drug-likeness (QED) is 0.848. The molecular weight excluding hydrogens is 384 g/mol. The van der Waals surface area contributed by atoms with Crippen LogP contribution in [-0.4, -0.2) is 25.0 Å². The Hall–Kier alpha value is -2.34. The standard InChI is InChI=1S/C19H19BrN2O3/c1-12-3-5-16(6-4-12)25-11-18(24)21-17-10-15(20)9-14-7-8-22(13(2)23)19(14)17/h3-6,9-10H,7-8,11H2,1-2H3,(H,21,24). The maximum atomic E-state index is 12.3. The fraction of sp³-hybridized carbons (Fsp3) is 0.263. The first-order valence-electron chi connectivity index (χ1n) is 8.04. The largest absolute Gasteiger partial charge is 0.484 e. The zero-order valence-corrected chi connectivity index (χ0v) is 15.7. The number of nitrogens with one attached hydrogen (secondary N) is 1. The average molecular weight is 403 g/mol. The molecule has 6 heteroatoms. The third kappa shape index (κ3) is 4.02. The van der Waals surface area contributed by atoms with Gasteiger partial charge in [-0.05, 0) is 43.2 Å². The third-order valence-electron chi connectivity index (χ3n) is 4.07. The van der Waals surface area contributed by atoms with E-state index in [-0.39, 0.29) is 18.4 Å². The summed E-state index contributed by atoms with van der Waals surface area (Å²) < 4.78 is 6.38. The van der Waals surface area contributed by atoms with Gasteiger partial charge in [0.25, 0.3) is 5.91 Å². The maximum Gasteiger partial charge on any atom is 0.262 e. The van der Waals surface area contributed by atoms with Gasteiger partial charge in [-0.25, -0.2) is 0 Å². The summed E-state index contributed by atoms with van der Waals surface area (Å²) in [7, 11) is 0. The zero-order chi connectivity index (χ0) is 18.0. The number of hydrogen-bond donors (Lipinski definition) is 1. The summed E-state index contributed by atoms with van der Waals surface area (Å²) in [5.41, 5.74) is 3.57. The van der Waals surface area contributed by atoms with Crippen LogP contribution in [0.5, 0.6) is 5.75 Å². The van der Waals surface area contributed by atoms with Crippen LogP contribution in [0.15, 0.2) is 40.9 Å². The number of nitrogens with zero attached hydrogens (tertiary/aromatic N) is 1. The number of amides is 2.